The van der Waals surface area contributed by atoms with E-state index < -0.39 is 0 Å². The number of methoxy groups -OCH3 is 1. The average Bonchev–Trinajstić information content (AvgIpc) is 2.53. The lowest BCUT2D eigenvalue weighted by Gasteiger charge is -2.15. The van der Waals surface area contributed by atoms with E-state index in [1.54, 1.807) is 18.4 Å². The van der Waals surface area contributed by atoms with Gasteiger partial charge in [-0.15, -0.1) is 11.3 Å². The van der Waals surface area contributed by atoms with Crippen molar-refractivity contribution in [1.29, 1.82) is 0 Å². The van der Waals surface area contributed by atoms with E-state index in [1.807, 2.05) is 0 Å². The first kappa shape index (κ1) is 12.6. The van der Waals surface area contributed by atoms with Crippen LogP contribution in [-0.4, -0.2) is 32.0 Å². The molecule has 86 valence electrons. The number of ether oxygens (including phenoxy) is 1. The number of hydrogen-bond acceptors (Lipinski definition) is 4. The fourth-order valence-corrected chi connectivity index (χ4v) is 2.59. The van der Waals surface area contributed by atoms with Gasteiger partial charge in [0.1, 0.15) is 0 Å². The van der Waals surface area contributed by atoms with E-state index in [2.05, 4.69) is 25.2 Å². The van der Waals surface area contributed by atoms with Crippen LogP contribution in [0.5, 0.6) is 0 Å². The number of rotatable bonds is 6. The molecule has 0 aliphatic heterocycles. The highest BCUT2D eigenvalue weighted by molar-refractivity contribution is 7.12. The summed E-state index contributed by atoms with van der Waals surface area (Å²) in [7, 11) is 1.68. The summed E-state index contributed by atoms with van der Waals surface area (Å²) in [4.78, 5) is 2.56. The van der Waals surface area contributed by atoms with Crippen molar-refractivity contribution in [2.75, 3.05) is 26.9 Å². The van der Waals surface area contributed by atoms with Gasteiger partial charge in [-0.2, -0.15) is 0 Å². The monoisotopic (exact) mass is 229 g/mol. The van der Waals surface area contributed by atoms with Crippen molar-refractivity contribution in [3.63, 3.8) is 0 Å². The first-order valence-electron chi connectivity index (χ1n) is 5.09. The van der Waals surface area contributed by atoms with Gasteiger partial charge in [0.25, 0.3) is 0 Å². The Balaban J connectivity index is 2.61. The minimum absolute atomic E-state index is 0.0325. The molecule has 0 bridgehead atoms. The second-order valence-corrected chi connectivity index (χ2v) is 5.01. The van der Waals surface area contributed by atoms with Gasteiger partial charge in [-0.3, -0.25) is 0 Å². The van der Waals surface area contributed by atoms with E-state index in [-0.39, 0.29) is 12.6 Å². The van der Waals surface area contributed by atoms with Crippen molar-refractivity contribution in [3.05, 3.63) is 21.4 Å². The van der Waals surface area contributed by atoms with Crippen molar-refractivity contribution >= 4 is 11.3 Å². The second-order valence-electron chi connectivity index (χ2n) is 3.55. The van der Waals surface area contributed by atoms with E-state index in [9.17, 15) is 5.11 Å². The molecule has 15 heavy (non-hydrogen) atoms. The molecule has 0 amide bonds. The number of aliphatic hydroxyl groups excluding tert-OH is 1. The van der Waals surface area contributed by atoms with Gasteiger partial charge in [0.2, 0.25) is 0 Å². The van der Waals surface area contributed by atoms with Crippen molar-refractivity contribution in [3.8, 4) is 0 Å². The molecule has 0 aliphatic rings. The van der Waals surface area contributed by atoms with E-state index in [0.29, 0.717) is 6.61 Å². The maximum Gasteiger partial charge on any atom is 0.0626 e. The maximum atomic E-state index is 9.31. The number of aliphatic hydroxyl groups is 1. The van der Waals surface area contributed by atoms with Gasteiger partial charge in [-0.25, -0.2) is 0 Å². The van der Waals surface area contributed by atoms with Crippen molar-refractivity contribution < 1.29 is 9.84 Å². The fourth-order valence-electron chi connectivity index (χ4n) is 1.60. The Morgan fingerprint density at radius 1 is 1.53 bits per heavy atom. The number of thiophene rings is 1. The minimum atomic E-state index is 0.0325. The lowest BCUT2D eigenvalue weighted by molar-refractivity contribution is 0.184. The van der Waals surface area contributed by atoms with E-state index in [1.165, 1.54) is 15.3 Å². The summed E-state index contributed by atoms with van der Waals surface area (Å²) < 4.78 is 4.97. The van der Waals surface area contributed by atoms with Gasteiger partial charge < -0.3 is 15.2 Å². The number of nitrogens with one attached hydrogen (secondary N) is 1. The van der Waals surface area contributed by atoms with Crippen LogP contribution in [0.25, 0.3) is 0 Å². The molecule has 1 aromatic heterocycles. The molecule has 1 rings (SSSR count). The largest absolute Gasteiger partial charge is 0.394 e. The smallest absolute Gasteiger partial charge is 0.0626 e. The van der Waals surface area contributed by atoms with Gasteiger partial charge in [0.05, 0.1) is 19.3 Å². The summed E-state index contributed by atoms with van der Waals surface area (Å²) in [6.07, 6.45) is 0. The normalized spacial score (nSPS) is 13.1. The van der Waals surface area contributed by atoms with Gasteiger partial charge in [-0.05, 0) is 25.5 Å². The molecule has 1 unspecified atom stereocenters. The zero-order valence-electron chi connectivity index (χ0n) is 9.54. The molecule has 0 aromatic carbocycles. The minimum Gasteiger partial charge on any atom is -0.394 e. The zero-order chi connectivity index (χ0) is 11.3. The van der Waals surface area contributed by atoms with Crippen LogP contribution in [0.15, 0.2) is 6.07 Å². The highest BCUT2D eigenvalue weighted by Crippen LogP contribution is 2.25. The van der Waals surface area contributed by atoms with Crippen LogP contribution in [0.1, 0.15) is 21.4 Å². The summed E-state index contributed by atoms with van der Waals surface area (Å²) >= 11 is 1.77. The SMILES string of the molecule is COCCNC(CO)c1cc(C)sc1C. The summed E-state index contributed by atoms with van der Waals surface area (Å²) in [5, 5.41) is 12.6. The highest BCUT2D eigenvalue weighted by atomic mass is 32.1. The molecule has 4 heteroatoms. The third-order valence-corrected chi connectivity index (χ3v) is 3.32. The molecule has 1 aromatic rings. The van der Waals surface area contributed by atoms with Gasteiger partial charge in [0, 0.05) is 23.4 Å². The molecule has 2 N–H and O–H groups in total. The predicted octanol–water partition coefficient (Wildman–Crippen LogP) is 1.63. The third kappa shape index (κ3) is 3.57. The standard InChI is InChI=1S/C11H19NO2S/c1-8-6-10(9(2)15-8)11(7-13)12-4-5-14-3/h6,11-13H,4-5,7H2,1-3H3. The zero-order valence-corrected chi connectivity index (χ0v) is 10.4. The third-order valence-electron chi connectivity index (χ3n) is 2.33. The molecule has 0 spiro atoms. The van der Waals surface area contributed by atoms with E-state index in [0.717, 1.165) is 6.54 Å². The Morgan fingerprint density at radius 3 is 2.73 bits per heavy atom. The lowest BCUT2D eigenvalue weighted by Crippen LogP contribution is -2.27. The fraction of sp³-hybridized carbons (Fsp3) is 0.636. The molecule has 1 heterocycles. The second kappa shape index (κ2) is 6.23. The molecule has 0 aliphatic carbocycles. The number of hydrogen-bond donors (Lipinski definition) is 2. The average molecular weight is 229 g/mol. The summed E-state index contributed by atoms with van der Waals surface area (Å²) in [5.74, 6) is 0. The van der Waals surface area contributed by atoms with Gasteiger partial charge in [-0.1, -0.05) is 0 Å². The van der Waals surface area contributed by atoms with Crippen LogP contribution in [0.4, 0.5) is 0 Å². The van der Waals surface area contributed by atoms with Crippen LogP contribution in [0.2, 0.25) is 0 Å². The Hall–Kier alpha value is -0.420. The highest BCUT2D eigenvalue weighted by Gasteiger charge is 2.13. The van der Waals surface area contributed by atoms with Gasteiger partial charge >= 0.3 is 0 Å². The van der Waals surface area contributed by atoms with Crippen molar-refractivity contribution in [2.45, 2.75) is 19.9 Å². The maximum absolute atomic E-state index is 9.31. The Bertz CT molecular complexity index is 299. The molecule has 0 radical (unpaired) electrons. The number of aryl methyl sites for hydroxylation is 2. The molecule has 0 saturated heterocycles. The van der Waals surface area contributed by atoms with Crippen molar-refractivity contribution in [1.82, 2.24) is 5.32 Å². The Labute approximate surface area is 95.1 Å². The lowest BCUT2D eigenvalue weighted by atomic mass is 10.1. The van der Waals surface area contributed by atoms with Gasteiger partial charge in [0.15, 0.2) is 0 Å². The summed E-state index contributed by atoms with van der Waals surface area (Å²) in [5.41, 5.74) is 1.20. The molecule has 1 atom stereocenters. The van der Waals surface area contributed by atoms with Crippen LogP contribution in [0.3, 0.4) is 0 Å². The van der Waals surface area contributed by atoms with E-state index >= 15 is 0 Å². The van der Waals surface area contributed by atoms with Crippen LogP contribution in [-0.2, 0) is 4.74 Å². The first-order chi connectivity index (χ1) is 7.19. The Kier molecular flexibility index (Phi) is 5.25. The molecular formula is C11H19NO2S. The molecular weight excluding hydrogens is 210 g/mol. The van der Waals surface area contributed by atoms with Crippen LogP contribution >= 0.6 is 11.3 Å². The molecule has 0 fully saturated rings. The summed E-state index contributed by atoms with van der Waals surface area (Å²) in [6, 6.07) is 2.17. The molecule has 3 nitrogen and oxygen atoms in total. The van der Waals surface area contributed by atoms with E-state index in [4.69, 9.17) is 4.74 Å². The predicted molar refractivity (Wildman–Crippen MR) is 63.5 cm³/mol. The quantitative estimate of drug-likeness (QED) is 0.729. The van der Waals surface area contributed by atoms with Crippen LogP contribution in [0, 0.1) is 13.8 Å². The molecule has 0 saturated carbocycles. The van der Waals surface area contributed by atoms with Crippen molar-refractivity contribution in [2.24, 2.45) is 0 Å². The topological polar surface area (TPSA) is 41.5 Å². The summed E-state index contributed by atoms with van der Waals surface area (Å²) in [6.45, 7) is 5.73. The Morgan fingerprint density at radius 2 is 2.27 bits per heavy atom. The first-order valence-corrected chi connectivity index (χ1v) is 5.90. The van der Waals surface area contributed by atoms with Crippen LogP contribution < -0.4 is 5.32 Å².